The third-order valence-electron chi connectivity index (χ3n) is 7.71. The van der Waals surface area contributed by atoms with Gasteiger partial charge in [-0.2, -0.15) is 13.2 Å². The van der Waals surface area contributed by atoms with E-state index in [1.165, 1.54) is 16.5 Å². The number of rotatable bonds is 5. The van der Waals surface area contributed by atoms with E-state index in [1.807, 2.05) is 39.0 Å². The van der Waals surface area contributed by atoms with E-state index in [0.29, 0.717) is 25.1 Å². The fourth-order valence-electron chi connectivity index (χ4n) is 5.48. The third-order valence-corrected chi connectivity index (χ3v) is 7.71. The summed E-state index contributed by atoms with van der Waals surface area (Å²) >= 11 is 0. The highest BCUT2D eigenvalue weighted by molar-refractivity contribution is 5.79. The van der Waals surface area contributed by atoms with Crippen LogP contribution in [0.5, 0.6) is 11.6 Å². The molecule has 2 heterocycles. The molecule has 2 N–H and O–H groups in total. The number of benzene rings is 1. The number of carboxylic acid groups (broad SMARTS) is 1. The van der Waals surface area contributed by atoms with Gasteiger partial charge in [0.2, 0.25) is 11.8 Å². The fraction of sp³-hybridized carbons (Fsp3) is 0.500. The second-order valence-corrected chi connectivity index (χ2v) is 11.7. The number of halogens is 3. The average molecular weight is 560 g/mol. The second kappa shape index (κ2) is 11.9. The van der Waals surface area contributed by atoms with Gasteiger partial charge >= 0.3 is 12.3 Å². The molecule has 0 bridgehead atoms. The van der Waals surface area contributed by atoms with Crippen molar-refractivity contribution in [3.63, 3.8) is 0 Å². The maximum absolute atomic E-state index is 13.1. The predicted octanol–water partition coefficient (Wildman–Crippen LogP) is 7.14. The van der Waals surface area contributed by atoms with Gasteiger partial charge in [-0.05, 0) is 67.7 Å². The summed E-state index contributed by atoms with van der Waals surface area (Å²) in [5, 5.41) is 12.8. The molecule has 1 aliphatic heterocycles. The van der Waals surface area contributed by atoms with Gasteiger partial charge in [-0.15, -0.1) is 0 Å². The normalized spacial score (nSPS) is 22.0. The molecule has 216 valence electrons. The first-order valence-corrected chi connectivity index (χ1v) is 13.6. The van der Waals surface area contributed by atoms with Gasteiger partial charge in [0.05, 0.1) is 5.56 Å². The Morgan fingerprint density at radius 2 is 1.82 bits per heavy atom. The van der Waals surface area contributed by atoms with Crippen LogP contribution in [0.3, 0.4) is 0 Å². The molecule has 2 atom stereocenters. The number of aromatic nitrogens is 1. The van der Waals surface area contributed by atoms with Crippen molar-refractivity contribution in [2.45, 2.75) is 77.6 Å². The van der Waals surface area contributed by atoms with Gasteiger partial charge in [0.25, 0.3) is 0 Å². The zero-order valence-electron chi connectivity index (χ0n) is 23.0. The first-order valence-electron chi connectivity index (χ1n) is 13.6. The zero-order chi connectivity index (χ0) is 29.1. The molecule has 2 aromatic rings. The summed E-state index contributed by atoms with van der Waals surface area (Å²) in [4.78, 5) is 30.0. The number of piperidine rings is 1. The molecule has 10 heteroatoms. The van der Waals surface area contributed by atoms with Crippen LogP contribution >= 0.6 is 0 Å². The number of carbonyl (C=O) groups excluding carboxylic acids is 1. The Labute approximate surface area is 232 Å². The number of likely N-dealkylation sites (tertiary alicyclic amines) is 1. The molecule has 2 fully saturated rings. The highest BCUT2D eigenvalue weighted by Crippen LogP contribution is 2.35. The molecule has 1 aromatic carbocycles. The van der Waals surface area contributed by atoms with Gasteiger partial charge < -0.3 is 20.1 Å². The molecule has 0 radical (unpaired) electrons. The number of nitrogens with one attached hydrogen (secondary N) is 1. The summed E-state index contributed by atoms with van der Waals surface area (Å²) in [7, 11) is 0. The van der Waals surface area contributed by atoms with E-state index in [1.54, 1.807) is 6.07 Å². The Balaban J connectivity index is 1.30. The molecule has 0 spiro atoms. The number of allylic oxidation sites excluding steroid dienone is 1. The van der Waals surface area contributed by atoms with Crippen LogP contribution < -0.4 is 10.1 Å². The molecule has 40 heavy (non-hydrogen) atoms. The minimum absolute atomic E-state index is 0.0124. The Morgan fingerprint density at radius 3 is 2.42 bits per heavy atom. The van der Waals surface area contributed by atoms with Crippen molar-refractivity contribution in [1.82, 2.24) is 15.2 Å². The maximum atomic E-state index is 13.1. The lowest BCUT2D eigenvalue weighted by atomic mass is 9.76. The number of amides is 2. The fourth-order valence-corrected chi connectivity index (χ4v) is 5.48. The lowest BCUT2D eigenvalue weighted by molar-refractivity contribution is -0.137. The topological polar surface area (TPSA) is 91.8 Å². The van der Waals surface area contributed by atoms with Crippen LogP contribution in [-0.4, -0.2) is 45.6 Å². The van der Waals surface area contributed by atoms with Gasteiger partial charge in [0, 0.05) is 36.8 Å². The summed E-state index contributed by atoms with van der Waals surface area (Å²) in [6.07, 6.45) is 1.81. The van der Waals surface area contributed by atoms with Gasteiger partial charge in [-0.1, -0.05) is 44.6 Å². The summed E-state index contributed by atoms with van der Waals surface area (Å²) in [5.74, 6) is 0.374. The highest BCUT2D eigenvalue weighted by Gasteiger charge is 2.41. The molecule has 1 saturated heterocycles. The van der Waals surface area contributed by atoms with Crippen molar-refractivity contribution < 1.29 is 32.6 Å². The van der Waals surface area contributed by atoms with E-state index in [2.05, 4.69) is 16.4 Å². The monoisotopic (exact) mass is 559 g/mol. The molecule has 2 unspecified atom stereocenters. The Hall–Kier alpha value is -3.56. The van der Waals surface area contributed by atoms with E-state index >= 15 is 0 Å². The molecule has 2 amide bonds. The van der Waals surface area contributed by atoms with Crippen molar-refractivity contribution in [3.8, 4) is 11.6 Å². The largest absolute Gasteiger partial charge is 0.465 e. The van der Waals surface area contributed by atoms with Crippen molar-refractivity contribution in [2.24, 2.45) is 11.3 Å². The van der Waals surface area contributed by atoms with Gasteiger partial charge in [-0.25, -0.2) is 9.78 Å². The molecule has 7 nitrogen and oxygen atoms in total. The molecule has 2 aliphatic rings. The maximum Gasteiger partial charge on any atom is 0.417 e. The van der Waals surface area contributed by atoms with Crippen LogP contribution in [0.2, 0.25) is 0 Å². The minimum Gasteiger partial charge on any atom is -0.465 e. The van der Waals surface area contributed by atoms with Crippen LogP contribution in [-0.2, 0) is 11.0 Å². The average Bonchev–Trinajstić information content (AvgIpc) is 2.89. The molecule has 1 aromatic heterocycles. The lowest BCUT2D eigenvalue weighted by Gasteiger charge is -2.44. The van der Waals surface area contributed by atoms with Crippen LogP contribution in [0.25, 0.3) is 6.08 Å². The number of hydrogen-bond acceptors (Lipinski definition) is 4. The van der Waals surface area contributed by atoms with Crippen LogP contribution in [0.1, 0.15) is 70.4 Å². The first kappa shape index (κ1) is 29.4. The lowest BCUT2D eigenvalue weighted by Crippen LogP contribution is -2.54. The summed E-state index contributed by atoms with van der Waals surface area (Å²) in [6, 6.07) is 9.30. The van der Waals surface area contributed by atoms with Crippen LogP contribution in [0, 0.1) is 11.3 Å². The third kappa shape index (κ3) is 7.55. The quantitative estimate of drug-likeness (QED) is 0.406. The minimum atomic E-state index is -4.45. The van der Waals surface area contributed by atoms with E-state index in [9.17, 15) is 27.9 Å². The predicted molar refractivity (Wildman–Crippen MR) is 145 cm³/mol. The van der Waals surface area contributed by atoms with Crippen LogP contribution in [0.15, 0.2) is 48.2 Å². The van der Waals surface area contributed by atoms with Crippen molar-refractivity contribution >= 4 is 18.1 Å². The van der Waals surface area contributed by atoms with E-state index < -0.39 is 17.8 Å². The number of alkyl halides is 3. The number of carbonyl (C=O) groups is 2. The van der Waals surface area contributed by atoms with E-state index in [-0.39, 0.29) is 35.2 Å². The number of pyridine rings is 1. The van der Waals surface area contributed by atoms with Gasteiger partial charge in [0.1, 0.15) is 5.75 Å². The Bertz CT molecular complexity index is 1230. The Kier molecular flexibility index (Phi) is 8.75. The van der Waals surface area contributed by atoms with E-state index in [0.717, 1.165) is 43.5 Å². The van der Waals surface area contributed by atoms with Crippen molar-refractivity contribution in [1.29, 1.82) is 0 Å². The van der Waals surface area contributed by atoms with Crippen LogP contribution in [0.4, 0.5) is 18.0 Å². The molecular weight excluding hydrogens is 523 g/mol. The van der Waals surface area contributed by atoms with Gasteiger partial charge in [-0.3, -0.25) is 4.79 Å². The smallest absolute Gasteiger partial charge is 0.417 e. The SMILES string of the molecule is CC(C)(C)C1CC(C(=O)NC2CCC(=Cc3cccc(Oc4ccc(C(F)(F)F)cn4)c3)CC2)CCN1C(=O)O. The Morgan fingerprint density at radius 1 is 1.10 bits per heavy atom. The zero-order valence-corrected chi connectivity index (χ0v) is 23.0. The standard InChI is InChI=1S/C30H36F3N3O4/c1-29(2,3)25-17-21(13-14-36(25)28(38)39)27(37)35-23-10-7-19(8-11-23)15-20-5-4-6-24(16-20)40-26-12-9-22(18-34-26)30(31,32)33/h4-6,9,12,15-16,18,21,23,25H,7-8,10-11,13-14,17H2,1-3H3,(H,35,37)(H,38,39). The molecule has 4 rings (SSSR count). The first-order chi connectivity index (χ1) is 18.8. The number of hydrogen-bond donors (Lipinski definition) is 2. The summed E-state index contributed by atoms with van der Waals surface area (Å²) in [5.41, 5.74) is 1.08. The molecule has 1 saturated carbocycles. The van der Waals surface area contributed by atoms with Crippen molar-refractivity contribution in [2.75, 3.05) is 6.54 Å². The summed E-state index contributed by atoms with van der Waals surface area (Å²) < 4.78 is 43.9. The van der Waals surface area contributed by atoms with Crippen molar-refractivity contribution in [3.05, 3.63) is 59.3 Å². The van der Waals surface area contributed by atoms with E-state index in [4.69, 9.17) is 4.74 Å². The highest BCUT2D eigenvalue weighted by atomic mass is 19.4. The molecular formula is C30H36F3N3O4. The van der Waals surface area contributed by atoms with Gasteiger partial charge in [0.15, 0.2) is 0 Å². The second-order valence-electron chi connectivity index (χ2n) is 11.7. The molecule has 1 aliphatic carbocycles. The summed E-state index contributed by atoms with van der Waals surface area (Å²) in [6.45, 7) is 6.40. The number of nitrogens with zero attached hydrogens (tertiary/aromatic N) is 2. The number of ether oxygens (including phenoxy) is 1.